The van der Waals surface area contributed by atoms with Gasteiger partial charge >= 0.3 is 0 Å². The minimum Gasteiger partial charge on any atom is -0.357 e. The van der Waals surface area contributed by atoms with E-state index in [4.69, 9.17) is 0 Å². The Morgan fingerprint density at radius 2 is 1.92 bits per heavy atom. The fourth-order valence-electron chi connectivity index (χ4n) is 2.65. The maximum absolute atomic E-state index is 4.66. The Kier molecular flexibility index (Phi) is 5.15. The molecule has 0 saturated carbocycles. The van der Waals surface area contributed by atoms with Crippen LogP contribution in [0.1, 0.15) is 12.7 Å². The fraction of sp³-hybridized carbons (Fsp3) is 0.333. The molecule has 1 aromatic carbocycles. The molecule has 2 N–H and O–H groups in total. The minimum absolute atomic E-state index is 0.546. The molecule has 24 heavy (non-hydrogen) atoms. The Morgan fingerprint density at radius 1 is 1.12 bits per heavy atom. The van der Waals surface area contributed by atoms with Crippen LogP contribution in [0, 0.1) is 0 Å². The van der Waals surface area contributed by atoms with Gasteiger partial charge in [0.15, 0.2) is 5.96 Å². The highest BCUT2D eigenvalue weighted by molar-refractivity contribution is 5.80. The molecule has 0 aliphatic heterocycles. The third kappa shape index (κ3) is 3.76. The van der Waals surface area contributed by atoms with E-state index in [0.717, 1.165) is 42.5 Å². The first-order valence-electron chi connectivity index (χ1n) is 8.31. The SMILES string of the molecule is CCNC(=NCc1nc2ccccc2n1C)NCCn1cccc1. The highest BCUT2D eigenvalue weighted by Gasteiger charge is 2.06. The molecular weight excluding hydrogens is 300 g/mol. The van der Waals surface area contributed by atoms with Gasteiger partial charge < -0.3 is 19.8 Å². The van der Waals surface area contributed by atoms with Crippen molar-refractivity contribution < 1.29 is 0 Å². The summed E-state index contributed by atoms with van der Waals surface area (Å²) in [6, 6.07) is 12.2. The summed E-state index contributed by atoms with van der Waals surface area (Å²) in [5.41, 5.74) is 2.14. The first-order chi connectivity index (χ1) is 11.8. The molecular formula is C18H24N6. The molecule has 3 rings (SSSR count). The number of benzene rings is 1. The van der Waals surface area contributed by atoms with Crippen LogP contribution in [0.15, 0.2) is 53.8 Å². The normalized spacial score (nSPS) is 11.8. The van der Waals surface area contributed by atoms with Crippen LogP contribution in [0.5, 0.6) is 0 Å². The second-order valence-electron chi connectivity index (χ2n) is 5.62. The van der Waals surface area contributed by atoms with Gasteiger partial charge in [-0.1, -0.05) is 12.1 Å². The van der Waals surface area contributed by atoms with Gasteiger partial charge in [-0.25, -0.2) is 9.98 Å². The molecule has 0 saturated heterocycles. The molecule has 0 bridgehead atoms. The van der Waals surface area contributed by atoms with Gasteiger partial charge in [0.25, 0.3) is 0 Å². The monoisotopic (exact) mass is 324 g/mol. The largest absolute Gasteiger partial charge is 0.357 e. The van der Waals surface area contributed by atoms with Crippen LogP contribution < -0.4 is 10.6 Å². The number of aryl methyl sites for hydroxylation is 1. The number of nitrogens with zero attached hydrogens (tertiary/aromatic N) is 4. The van der Waals surface area contributed by atoms with E-state index < -0.39 is 0 Å². The first-order valence-corrected chi connectivity index (χ1v) is 8.31. The zero-order chi connectivity index (χ0) is 16.8. The number of imidazole rings is 1. The molecule has 6 heteroatoms. The van der Waals surface area contributed by atoms with Crippen molar-refractivity contribution in [2.45, 2.75) is 20.0 Å². The molecule has 0 radical (unpaired) electrons. The van der Waals surface area contributed by atoms with E-state index in [1.165, 1.54) is 0 Å². The van der Waals surface area contributed by atoms with Gasteiger partial charge in [0.2, 0.25) is 0 Å². The second-order valence-corrected chi connectivity index (χ2v) is 5.62. The Morgan fingerprint density at radius 3 is 2.67 bits per heavy atom. The molecule has 3 aromatic rings. The van der Waals surface area contributed by atoms with Crippen molar-refractivity contribution in [2.75, 3.05) is 13.1 Å². The number of guanidine groups is 1. The van der Waals surface area contributed by atoms with Crippen molar-refractivity contribution in [2.24, 2.45) is 12.0 Å². The maximum atomic E-state index is 4.66. The van der Waals surface area contributed by atoms with Crippen LogP contribution in [-0.4, -0.2) is 33.2 Å². The van der Waals surface area contributed by atoms with E-state index in [1.54, 1.807) is 0 Å². The van der Waals surface area contributed by atoms with Crippen molar-refractivity contribution in [3.63, 3.8) is 0 Å². The highest BCUT2D eigenvalue weighted by Crippen LogP contribution is 2.14. The number of hydrogen-bond donors (Lipinski definition) is 2. The first kappa shape index (κ1) is 16.1. The molecule has 0 unspecified atom stereocenters. The molecule has 0 aliphatic rings. The predicted molar refractivity (Wildman–Crippen MR) is 98.0 cm³/mol. The average molecular weight is 324 g/mol. The molecule has 2 heterocycles. The van der Waals surface area contributed by atoms with E-state index in [1.807, 2.05) is 37.4 Å². The van der Waals surface area contributed by atoms with Crippen LogP contribution in [0.25, 0.3) is 11.0 Å². The lowest BCUT2D eigenvalue weighted by molar-refractivity contribution is 0.664. The summed E-state index contributed by atoms with van der Waals surface area (Å²) >= 11 is 0. The standard InChI is InChI=1S/C18H24N6/c1-3-19-18(20-10-13-24-11-6-7-12-24)21-14-17-22-15-8-4-5-9-16(15)23(17)2/h4-9,11-12H,3,10,13-14H2,1-2H3,(H2,19,20,21). The van der Waals surface area contributed by atoms with Gasteiger partial charge in [-0.05, 0) is 31.2 Å². The van der Waals surface area contributed by atoms with Crippen LogP contribution in [-0.2, 0) is 20.1 Å². The molecule has 126 valence electrons. The lowest BCUT2D eigenvalue weighted by atomic mass is 10.3. The smallest absolute Gasteiger partial charge is 0.191 e. The average Bonchev–Trinajstić information content (AvgIpc) is 3.21. The van der Waals surface area contributed by atoms with E-state index in [9.17, 15) is 0 Å². The van der Waals surface area contributed by atoms with Crippen molar-refractivity contribution >= 4 is 17.0 Å². The summed E-state index contributed by atoms with van der Waals surface area (Å²) in [5.74, 6) is 1.77. The number of nitrogens with one attached hydrogen (secondary N) is 2. The van der Waals surface area contributed by atoms with Crippen molar-refractivity contribution in [1.82, 2.24) is 24.8 Å². The van der Waals surface area contributed by atoms with E-state index in [2.05, 4.69) is 55.1 Å². The van der Waals surface area contributed by atoms with Crippen LogP contribution in [0.2, 0.25) is 0 Å². The van der Waals surface area contributed by atoms with Gasteiger partial charge in [-0.15, -0.1) is 0 Å². The Labute approximate surface area is 142 Å². The quantitative estimate of drug-likeness (QED) is 0.539. The van der Waals surface area contributed by atoms with E-state index in [0.29, 0.717) is 6.54 Å². The topological polar surface area (TPSA) is 59.2 Å². The van der Waals surface area contributed by atoms with E-state index >= 15 is 0 Å². The minimum atomic E-state index is 0.546. The van der Waals surface area contributed by atoms with E-state index in [-0.39, 0.29) is 0 Å². The lowest BCUT2D eigenvalue weighted by Gasteiger charge is -2.11. The summed E-state index contributed by atoms with van der Waals surface area (Å²) in [4.78, 5) is 9.32. The summed E-state index contributed by atoms with van der Waals surface area (Å²) in [6.45, 7) is 5.17. The number of hydrogen-bond acceptors (Lipinski definition) is 2. The predicted octanol–water partition coefficient (Wildman–Crippen LogP) is 2.13. The molecule has 0 aliphatic carbocycles. The molecule has 0 spiro atoms. The molecule has 6 nitrogen and oxygen atoms in total. The van der Waals surface area contributed by atoms with Crippen LogP contribution >= 0.6 is 0 Å². The number of fused-ring (bicyclic) bond motifs is 1. The Balaban J connectivity index is 1.64. The van der Waals surface area contributed by atoms with Crippen LogP contribution in [0.3, 0.4) is 0 Å². The summed E-state index contributed by atoms with van der Waals surface area (Å²) in [6.07, 6.45) is 4.12. The summed E-state index contributed by atoms with van der Waals surface area (Å²) < 4.78 is 4.24. The third-order valence-electron chi connectivity index (χ3n) is 3.93. The maximum Gasteiger partial charge on any atom is 0.191 e. The lowest BCUT2D eigenvalue weighted by Crippen LogP contribution is -2.38. The number of para-hydroxylation sites is 2. The van der Waals surface area contributed by atoms with Gasteiger partial charge in [-0.2, -0.15) is 0 Å². The Bertz CT molecular complexity index is 800. The van der Waals surface area contributed by atoms with Crippen LogP contribution in [0.4, 0.5) is 0 Å². The summed E-state index contributed by atoms with van der Waals surface area (Å²) in [7, 11) is 2.03. The van der Waals surface area contributed by atoms with Gasteiger partial charge in [0.1, 0.15) is 12.4 Å². The zero-order valence-corrected chi connectivity index (χ0v) is 14.2. The zero-order valence-electron chi connectivity index (χ0n) is 14.2. The Hall–Kier alpha value is -2.76. The molecule has 0 fully saturated rings. The van der Waals surface area contributed by atoms with Gasteiger partial charge in [-0.3, -0.25) is 0 Å². The van der Waals surface area contributed by atoms with Crippen molar-refractivity contribution in [3.05, 3.63) is 54.6 Å². The second kappa shape index (κ2) is 7.68. The fourth-order valence-corrected chi connectivity index (χ4v) is 2.65. The number of aliphatic imine (C=N–C) groups is 1. The number of rotatable bonds is 6. The molecule has 0 atom stereocenters. The summed E-state index contributed by atoms with van der Waals surface area (Å²) in [5, 5.41) is 6.64. The molecule has 2 aromatic heterocycles. The van der Waals surface area contributed by atoms with Crippen molar-refractivity contribution in [1.29, 1.82) is 0 Å². The number of aromatic nitrogens is 3. The third-order valence-corrected chi connectivity index (χ3v) is 3.93. The van der Waals surface area contributed by atoms with Gasteiger partial charge in [0.05, 0.1) is 11.0 Å². The highest BCUT2D eigenvalue weighted by atomic mass is 15.2. The molecule has 0 amide bonds. The van der Waals surface area contributed by atoms with Crippen molar-refractivity contribution in [3.8, 4) is 0 Å². The van der Waals surface area contributed by atoms with Gasteiger partial charge in [0, 0.05) is 39.1 Å².